The maximum atomic E-state index is 11.9. The molecule has 0 spiro atoms. The third-order valence-electron chi connectivity index (χ3n) is 3.38. The Morgan fingerprint density at radius 3 is 2.67 bits per heavy atom. The Labute approximate surface area is 125 Å². The number of carbonyl (C=O) groups is 1. The quantitative estimate of drug-likeness (QED) is 0.905. The zero-order valence-electron chi connectivity index (χ0n) is 11.0. The molecule has 0 bridgehead atoms. The molecular weight excluding hydrogens is 292 g/mol. The van der Waals surface area contributed by atoms with Crippen molar-refractivity contribution in [2.75, 3.05) is 11.1 Å². The summed E-state index contributed by atoms with van der Waals surface area (Å²) < 4.78 is 4.52. The van der Waals surface area contributed by atoms with E-state index in [0.29, 0.717) is 23.7 Å². The first-order valence-electron chi connectivity index (χ1n) is 6.46. The molecule has 0 saturated carbocycles. The third kappa shape index (κ3) is 3.05. The summed E-state index contributed by atoms with van der Waals surface area (Å²) in [5, 5.41) is 10.8. The number of aromatic nitrogens is 2. The van der Waals surface area contributed by atoms with Gasteiger partial charge in [-0.05, 0) is 40.3 Å². The minimum Gasteiger partial charge on any atom is -0.378 e. The van der Waals surface area contributed by atoms with Gasteiger partial charge in [0.15, 0.2) is 5.78 Å². The minimum absolute atomic E-state index is 0.0544. The molecule has 1 aliphatic rings. The lowest BCUT2D eigenvalue weighted by Gasteiger charge is -2.22. The van der Waals surface area contributed by atoms with Crippen molar-refractivity contribution >= 4 is 29.0 Å². The van der Waals surface area contributed by atoms with E-state index in [1.807, 2.05) is 24.3 Å². The first-order chi connectivity index (χ1) is 10.1. The Balaban J connectivity index is 1.79. The number of halogens is 1. The van der Waals surface area contributed by atoms with Gasteiger partial charge in [0.25, 0.3) is 0 Å². The molecule has 21 heavy (non-hydrogen) atoms. The summed E-state index contributed by atoms with van der Waals surface area (Å²) in [4.78, 5) is 11.9. The second-order valence-electron chi connectivity index (χ2n) is 4.92. The first-order valence-corrected chi connectivity index (χ1v) is 6.83. The molecule has 0 saturated heterocycles. The van der Waals surface area contributed by atoms with Gasteiger partial charge in [-0.25, -0.2) is 4.63 Å². The lowest BCUT2D eigenvalue weighted by Crippen LogP contribution is -2.17. The summed E-state index contributed by atoms with van der Waals surface area (Å²) in [5.41, 5.74) is 7.42. The van der Waals surface area contributed by atoms with Crippen molar-refractivity contribution in [3.05, 3.63) is 46.6 Å². The van der Waals surface area contributed by atoms with E-state index in [4.69, 9.17) is 17.3 Å². The van der Waals surface area contributed by atoms with Gasteiger partial charge in [-0.1, -0.05) is 23.7 Å². The van der Waals surface area contributed by atoms with Crippen molar-refractivity contribution in [1.82, 2.24) is 10.3 Å². The van der Waals surface area contributed by atoms with Gasteiger partial charge < -0.3 is 11.1 Å². The number of nitrogens with two attached hydrogens (primary N) is 1. The summed E-state index contributed by atoms with van der Waals surface area (Å²) >= 11 is 5.89. The van der Waals surface area contributed by atoms with E-state index in [1.54, 1.807) is 6.08 Å². The van der Waals surface area contributed by atoms with E-state index in [-0.39, 0.29) is 17.5 Å². The molecule has 1 heterocycles. The highest BCUT2D eigenvalue weighted by atomic mass is 35.5. The van der Waals surface area contributed by atoms with Gasteiger partial charge in [-0.2, -0.15) is 0 Å². The molecule has 1 aliphatic carbocycles. The van der Waals surface area contributed by atoms with Gasteiger partial charge in [0.05, 0.1) is 0 Å². The number of rotatable bonds is 3. The third-order valence-corrected chi connectivity index (χ3v) is 3.64. The van der Waals surface area contributed by atoms with Crippen LogP contribution in [0.25, 0.3) is 0 Å². The highest BCUT2D eigenvalue weighted by Crippen LogP contribution is 2.32. The molecule has 0 amide bonds. The zero-order chi connectivity index (χ0) is 14.8. The van der Waals surface area contributed by atoms with E-state index in [2.05, 4.69) is 20.3 Å². The number of carbonyl (C=O) groups excluding carboxylic acids is 1. The molecule has 3 N–H and O–H groups in total. The second kappa shape index (κ2) is 5.57. The summed E-state index contributed by atoms with van der Waals surface area (Å²) in [6.45, 7) is 0. The topological polar surface area (TPSA) is 94.0 Å². The van der Waals surface area contributed by atoms with Crippen LogP contribution in [0.4, 0.5) is 11.6 Å². The van der Waals surface area contributed by atoms with Crippen molar-refractivity contribution < 1.29 is 9.42 Å². The fourth-order valence-electron chi connectivity index (χ4n) is 2.38. The summed E-state index contributed by atoms with van der Waals surface area (Å²) in [6.07, 6.45) is 2.72. The van der Waals surface area contributed by atoms with Gasteiger partial charge in [0.1, 0.15) is 0 Å². The Hall–Kier alpha value is -2.34. The van der Waals surface area contributed by atoms with E-state index < -0.39 is 0 Å². The van der Waals surface area contributed by atoms with Gasteiger partial charge >= 0.3 is 0 Å². The van der Waals surface area contributed by atoms with E-state index in [0.717, 1.165) is 11.3 Å². The van der Waals surface area contributed by atoms with Crippen LogP contribution in [0.3, 0.4) is 0 Å². The van der Waals surface area contributed by atoms with Crippen LogP contribution in [0.2, 0.25) is 5.02 Å². The van der Waals surface area contributed by atoms with Crippen LogP contribution < -0.4 is 11.1 Å². The van der Waals surface area contributed by atoms with Gasteiger partial charge in [0.2, 0.25) is 11.6 Å². The molecule has 1 aromatic carbocycles. The fourth-order valence-corrected chi connectivity index (χ4v) is 2.51. The lowest BCUT2D eigenvalue weighted by molar-refractivity contribution is -0.115. The molecule has 0 aliphatic heterocycles. The van der Waals surface area contributed by atoms with Crippen LogP contribution in [-0.4, -0.2) is 16.1 Å². The van der Waals surface area contributed by atoms with Crippen molar-refractivity contribution in [2.24, 2.45) is 0 Å². The van der Waals surface area contributed by atoms with Crippen LogP contribution in [0, 0.1) is 0 Å². The van der Waals surface area contributed by atoms with Crippen molar-refractivity contribution in [3.63, 3.8) is 0 Å². The van der Waals surface area contributed by atoms with Gasteiger partial charge in [0, 0.05) is 23.2 Å². The molecule has 6 nitrogen and oxygen atoms in total. The van der Waals surface area contributed by atoms with Crippen LogP contribution in [0.1, 0.15) is 24.3 Å². The highest BCUT2D eigenvalue weighted by molar-refractivity contribution is 6.30. The standard InChI is InChI=1S/C14H13ClN4O2/c15-10-3-1-8(2-4-10)9-5-11(7-12(20)6-9)17-14-13(16)18-21-19-14/h1-4,7,9H,5-6H2,(H2,16,18)(H,17,19). The van der Waals surface area contributed by atoms with Crippen LogP contribution in [0.15, 0.2) is 40.7 Å². The Kier molecular flexibility index (Phi) is 3.62. The van der Waals surface area contributed by atoms with Crippen LogP contribution in [0.5, 0.6) is 0 Å². The van der Waals surface area contributed by atoms with Crippen molar-refractivity contribution in [1.29, 1.82) is 0 Å². The average Bonchev–Trinajstić information content (AvgIpc) is 2.84. The lowest BCUT2D eigenvalue weighted by atomic mass is 9.85. The molecule has 1 atom stereocenters. The molecule has 2 aromatic rings. The first kappa shape index (κ1) is 13.6. The van der Waals surface area contributed by atoms with E-state index >= 15 is 0 Å². The smallest absolute Gasteiger partial charge is 0.219 e. The number of anilines is 2. The number of hydrogen-bond donors (Lipinski definition) is 2. The Morgan fingerprint density at radius 1 is 1.24 bits per heavy atom. The minimum atomic E-state index is 0.0544. The van der Waals surface area contributed by atoms with Crippen molar-refractivity contribution in [2.45, 2.75) is 18.8 Å². The fraction of sp³-hybridized carbons (Fsp3) is 0.214. The normalized spacial score (nSPS) is 18.4. The molecule has 0 radical (unpaired) electrons. The number of nitrogen functional groups attached to an aromatic ring is 1. The van der Waals surface area contributed by atoms with E-state index in [9.17, 15) is 4.79 Å². The zero-order valence-corrected chi connectivity index (χ0v) is 11.8. The second-order valence-corrected chi connectivity index (χ2v) is 5.35. The Bertz CT molecular complexity index is 693. The number of nitrogens with one attached hydrogen (secondary N) is 1. The van der Waals surface area contributed by atoms with Crippen LogP contribution in [-0.2, 0) is 4.79 Å². The van der Waals surface area contributed by atoms with Gasteiger partial charge in [-0.3, -0.25) is 4.79 Å². The number of hydrogen-bond acceptors (Lipinski definition) is 6. The molecule has 0 fully saturated rings. The molecule has 1 unspecified atom stereocenters. The molecule has 3 rings (SSSR count). The monoisotopic (exact) mass is 304 g/mol. The summed E-state index contributed by atoms with van der Waals surface area (Å²) in [7, 11) is 0. The molecule has 1 aromatic heterocycles. The number of ketones is 1. The molecule has 108 valence electrons. The van der Waals surface area contributed by atoms with Crippen LogP contribution >= 0.6 is 11.6 Å². The number of nitrogens with zero attached hydrogens (tertiary/aromatic N) is 2. The Morgan fingerprint density at radius 2 is 2.00 bits per heavy atom. The number of benzene rings is 1. The summed E-state index contributed by atoms with van der Waals surface area (Å²) in [5.74, 6) is 0.643. The summed E-state index contributed by atoms with van der Waals surface area (Å²) in [6, 6.07) is 7.53. The largest absolute Gasteiger partial charge is 0.378 e. The van der Waals surface area contributed by atoms with E-state index in [1.165, 1.54) is 0 Å². The molecule has 7 heteroatoms. The highest BCUT2D eigenvalue weighted by Gasteiger charge is 2.23. The average molecular weight is 305 g/mol. The maximum absolute atomic E-state index is 11.9. The van der Waals surface area contributed by atoms with Gasteiger partial charge in [-0.15, -0.1) is 0 Å². The predicted octanol–water partition coefficient (Wildman–Crippen LogP) is 2.75. The predicted molar refractivity (Wildman–Crippen MR) is 78.9 cm³/mol. The number of allylic oxidation sites excluding steroid dienone is 2. The molecular formula is C14H13ClN4O2. The SMILES string of the molecule is Nc1nonc1NC1=CC(=O)CC(c2ccc(Cl)cc2)C1. The van der Waals surface area contributed by atoms with Crippen molar-refractivity contribution in [3.8, 4) is 0 Å². The maximum Gasteiger partial charge on any atom is 0.219 e.